The van der Waals surface area contributed by atoms with Crippen LogP contribution in [0.2, 0.25) is 0 Å². The molecule has 1 aliphatic heterocycles. The number of benzene rings is 1. The van der Waals surface area contributed by atoms with Gasteiger partial charge >= 0.3 is 0 Å². The second-order valence-electron chi connectivity index (χ2n) is 4.88. The number of fused-ring (bicyclic) bond motifs is 1. The van der Waals surface area contributed by atoms with E-state index in [0.29, 0.717) is 0 Å². The molecule has 1 fully saturated rings. The number of rotatable bonds is 2. The van der Waals surface area contributed by atoms with E-state index in [2.05, 4.69) is 34.3 Å². The van der Waals surface area contributed by atoms with Crippen molar-refractivity contribution in [1.82, 2.24) is 10.3 Å². The van der Waals surface area contributed by atoms with Gasteiger partial charge in [-0.1, -0.05) is 6.07 Å². The summed E-state index contributed by atoms with van der Waals surface area (Å²) in [5, 5.41) is 4.60. The number of ether oxygens (including phenoxy) is 1. The lowest BCUT2D eigenvalue weighted by Crippen LogP contribution is -2.43. The molecule has 0 amide bonds. The van der Waals surface area contributed by atoms with Crippen molar-refractivity contribution >= 4 is 16.6 Å². The Kier molecular flexibility index (Phi) is 3.25. The highest BCUT2D eigenvalue weighted by Crippen LogP contribution is 2.33. The van der Waals surface area contributed by atoms with Crippen LogP contribution < -0.4 is 15.0 Å². The largest absolute Gasteiger partial charge is 0.494 e. The van der Waals surface area contributed by atoms with Crippen molar-refractivity contribution in [2.75, 3.05) is 38.2 Å². The number of nitrogens with zero attached hydrogens (tertiary/aromatic N) is 2. The third-order valence-corrected chi connectivity index (χ3v) is 3.72. The lowest BCUT2D eigenvalue weighted by molar-refractivity contribution is 0.419. The van der Waals surface area contributed by atoms with Gasteiger partial charge in [-0.05, 0) is 24.6 Å². The van der Waals surface area contributed by atoms with Gasteiger partial charge in [-0.3, -0.25) is 4.98 Å². The Hall–Kier alpha value is -1.81. The number of anilines is 1. The normalized spacial score (nSPS) is 15.8. The predicted octanol–water partition coefficient (Wildman–Crippen LogP) is 1.96. The van der Waals surface area contributed by atoms with Crippen molar-refractivity contribution in [3.63, 3.8) is 0 Å². The fourth-order valence-corrected chi connectivity index (χ4v) is 2.72. The molecule has 0 spiro atoms. The van der Waals surface area contributed by atoms with Crippen LogP contribution in [0.4, 0.5) is 5.69 Å². The van der Waals surface area contributed by atoms with E-state index in [9.17, 15) is 0 Å². The zero-order chi connectivity index (χ0) is 13.2. The molecule has 0 saturated carbocycles. The summed E-state index contributed by atoms with van der Waals surface area (Å²) < 4.78 is 5.43. The molecule has 1 aliphatic rings. The van der Waals surface area contributed by atoms with Gasteiger partial charge in [0.05, 0.1) is 7.11 Å². The van der Waals surface area contributed by atoms with Gasteiger partial charge in [0, 0.05) is 43.4 Å². The molecule has 1 aromatic heterocycles. The van der Waals surface area contributed by atoms with E-state index >= 15 is 0 Å². The van der Waals surface area contributed by atoms with E-state index in [1.54, 1.807) is 7.11 Å². The average Bonchev–Trinajstić information content (AvgIpc) is 2.48. The first-order valence-corrected chi connectivity index (χ1v) is 6.69. The first-order valence-electron chi connectivity index (χ1n) is 6.69. The quantitative estimate of drug-likeness (QED) is 0.892. The molecular formula is C15H19N3O. The van der Waals surface area contributed by atoms with Crippen LogP contribution in [-0.4, -0.2) is 38.3 Å². The number of aryl methyl sites for hydroxylation is 1. The third kappa shape index (κ3) is 2.12. The zero-order valence-corrected chi connectivity index (χ0v) is 11.4. The molecule has 3 rings (SSSR count). The molecule has 2 heterocycles. The molecule has 100 valence electrons. The smallest absolute Gasteiger partial charge is 0.145 e. The van der Waals surface area contributed by atoms with Crippen molar-refractivity contribution in [2.45, 2.75) is 6.92 Å². The van der Waals surface area contributed by atoms with Gasteiger partial charge in [0.15, 0.2) is 0 Å². The highest BCUT2D eigenvalue weighted by atomic mass is 16.5. The Morgan fingerprint density at radius 1 is 1.21 bits per heavy atom. The van der Waals surface area contributed by atoms with E-state index in [1.165, 1.54) is 16.6 Å². The van der Waals surface area contributed by atoms with E-state index in [4.69, 9.17) is 4.74 Å². The summed E-state index contributed by atoms with van der Waals surface area (Å²) in [4.78, 5) is 6.92. The van der Waals surface area contributed by atoms with Gasteiger partial charge in [-0.2, -0.15) is 0 Å². The van der Waals surface area contributed by atoms with Crippen LogP contribution in [0.5, 0.6) is 5.75 Å². The van der Waals surface area contributed by atoms with Crippen LogP contribution in [0.1, 0.15) is 5.56 Å². The van der Waals surface area contributed by atoms with E-state index in [-0.39, 0.29) is 0 Å². The number of piperazine rings is 1. The predicted molar refractivity (Wildman–Crippen MR) is 78.1 cm³/mol. The van der Waals surface area contributed by atoms with E-state index < -0.39 is 0 Å². The molecule has 0 unspecified atom stereocenters. The molecule has 4 nitrogen and oxygen atoms in total. The number of pyridine rings is 1. The Morgan fingerprint density at radius 2 is 2.00 bits per heavy atom. The number of nitrogens with one attached hydrogen (secondary N) is 1. The fraction of sp³-hybridized carbons (Fsp3) is 0.400. The zero-order valence-electron chi connectivity index (χ0n) is 11.4. The monoisotopic (exact) mass is 257 g/mol. The fourth-order valence-electron chi connectivity index (χ4n) is 2.72. The summed E-state index contributed by atoms with van der Waals surface area (Å²) in [5.74, 6) is 0.845. The van der Waals surface area contributed by atoms with Gasteiger partial charge in [0.25, 0.3) is 0 Å². The van der Waals surface area contributed by atoms with Crippen molar-refractivity contribution in [3.8, 4) is 5.75 Å². The number of hydrogen-bond acceptors (Lipinski definition) is 4. The molecule has 19 heavy (non-hydrogen) atoms. The van der Waals surface area contributed by atoms with Crippen LogP contribution in [0.25, 0.3) is 10.9 Å². The topological polar surface area (TPSA) is 37.4 Å². The summed E-state index contributed by atoms with van der Waals surface area (Å²) in [7, 11) is 1.70. The van der Waals surface area contributed by atoms with Gasteiger partial charge in [0.1, 0.15) is 11.3 Å². The molecule has 0 radical (unpaired) electrons. The molecule has 0 atom stereocenters. The summed E-state index contributed by atoms with van der Waals surface area (Å²) in [6.07, 6.45) is 1.88. The van der Waals surface area contributed by atoms with E-state index in [0.717, 1.165) is 37.4 Å². The molecule has 1 N–H and O–H groups in total. The van der Waals surface area contributed by atoms with Crippen molar-refractivity contribution < 1.29 is 4.74 Å². The van der Waals surface area contributed by atoms with Gasteiger partial charge in [0.2, 0.25) is 0 Å². The molecule has 1 aromatic carbocycles. The highest BCUT2D eigenvalue weighted by Gasteiger charge is 2.16. The lowest BCUT2D eigenvalue weighted by atomic mass is 10.1. The molecule has 0 aliphatic carbocycles. The first-order chi connectivity index (χ1) is 9.31. The summed E-state index contributed by atoms with van der Waals surface area (Å²) in [5.41, 5.74) is 3.47. The molecule has 2 aromatic rings. The SMILES string of the molecule is COc1ccc(C)c2c(N3CCNCC3)ccnc12. The minimum absolute atomic E-state index is 0.845. The molecular weight excluding hydrogens is 238 g/mol. The maximum absolute atomic E-state index is 5.43. The average molecular weight is 257 g/mol. The van der Waals surface area contributed by atoms with Gasteiger partial charge in [-0.25, -0.2) is 0 Å². The Bertz CT molecular complexity index is 591. The maximum atomic E-state index is 5.43. The summed E-state index contributed by atoms with van der Waals surface area (Å²) >= 11 is 0. The van der Waals surface area contributed by atoms with Crippen LogP contribution >= 0.6 is 0 Å². The van der Waals surface area contributed by atoms with Crippen LogP contribution in [0, 0.1) is 6.92 Å². The molecule has 1 saturated heterocycles. The van der Waals surface area contributed by atoms with Crippen molar-refractivity contribution in [3.05, 3.63) is 30.0 Å². The Morgan fingerprint density at radius 3 is 2.74 bits per heavy atom. The third-order valence-electron chi connectivity index (χ3n) is 3.72. The van der Waals surface area contributed by atoms with Crippen molar-refractivity contribution in [2.24, 2.45) is 0 Å². The minimum Gasteiger partial charge on any atom is -0.494 e. The van der Waals surface area contributed by atoms with Crippen LogP contribution in [-0.2, 0) is 0 Å². The van der Waals surface area contributed by atoms with E-state index in [1.807, 2.05) is 12.3 Å². The molecule has 0 bridgehead atoms. The standard InChI is InChI=1S/C15H19N3O/c1-11-3-4-13(19-2)15-14(11)12(5-6-17-15)18-9-7-16-8-10-18/h3-6,16H,7-10H2,1-2H3. The number of aromatic nitrogens is 1. The summed E-state index contributed by atoms with van der Waals surface area (Å²) in [6.45, 7) is 6.28. The Labute approximate surface area is 113 Å². The highest BCUT2D eigenvalue weighted by molar-refractivity contribution is 5.97. The number of methoxy groups -OCH3 is 1. The minimum atomic E-state index is 0.845. The van der Waals surface area contributed by atoms with Gasteiger partial charge in [-0.15, -0.1) is 0 Å². The summed E-state index contributed by atoms with van der Waals surface area (Å²) in [6, 6.07) is 6.21. The van der Waals surface area contributed by atoms with Gasteiger partial charge < -0.3 is 15.0 Å². The van der Waals surface area contributed by atoms with Crippen LogP contribution in [0.3, 0.4) is 0 Å². The maximum Gasteiger partial charge on any atom is 0.145 e. The second kappa shape index (κ2) is 5.05. The first kappa shape index (κ1) is 12.2. The second-order valence-corrected chi connectivity index (χ2v) is 4.88. The Balaban J connectivity index is 2.18. The van der Waals surface area contributed by atoms with Crippen molar-refractivity contribution in [1.29, 1.82) is 0 Å². The lowest BCUT2D eigenvalue weighted by Gasteiger charge is -2.30. The number of hydrogen-bond donors (Lipinski definition) is 1. The molecule has 4 heteroatoms. The van der Waals surface area contributed by atoms with Crippen LogP contribution in [0.15, 0.2) is 24.4 Å².